The molecule has 1 saturated carbocycles. The van der Waals surface area contributed by atoms with Crippen LogP contribution in [0.4, 0.5) is 14.5 Å². The molecule has 0 unspecified atom stereocenters. The zero-order chi connectivity index (χ0) is 19.7. The fourth-order valence-corrected chi connectivity index (χ4v) is 3.90. The van der Waals surface area contributed by atoms with Crippen LogP contribution in [0.25, 0.3) is 6.08 Å². The van der Waals surface area contributed by atoms with E-state index < -0.39 is 6.61 Å². The lowest BCUT2D eigenvalue weighted by molar-refractivity contribution is -0.122. The summed E-state index contributed by atoms with van der Waals surface area (Å²) in [6.07, 6.45) is 3.71. The summed E-state index contributed by atoms with van der Waals surface area (Å²) in [5.41, 5.74) is 2.70. The summed E-state index contributed by atoms with van der Waals surface area (Å²) >= 11 is 1.34. The van der Waals surface area contributed by atoms with Gasteiger partial charge in [-0.05, 0) is 67.4 Å². The van der Waals surface area contributed by atoms with Gasteiger partial charge in [-0.15, -0.1) is 0 Å². The molecular formula is C21H18F2N2O2S. The van der Waals surface area contributed by atoms with E-state index in [9.17, 15) is 13.6 Å². The van der Waals surface area contributed by atoms with Gasteiger partial charge in [0.15, 0.2) is 5.17 Å². The Labute approximate surface area is 165 Å². The molecule has 4 nitrogen and oxygen atoms in total. The molecule has 0 N–H and O–H groups in total. The number of aryl methyl sites for hydroxylation is 1. The van der Waals surface area contributed by atoms with Gasteiger partial charge < -0.3 is 4.74 Å². The highest BCUT2D eigenvalue weighted by Crippen LogP contribution is 2.41. The first-order chi connectivity index (χ1) is 13.5. The highest BCUT2D eigenvalue weighted by atomic mass is 32.2. The molecular weight excluding hydrogens is 382 g/mol. The van der Waals surface area contributed by atoms with Crippen molar-refractivity contribution in [2.45, 2.75) is 32.4 Å². The molecule has 1 amide bonds. The van der Waals surface area contributed by atoms with Gasteiger partial charge in [0.1, 0.15) is 5.75 Å². The van der Waals surface area contributed by atoms with Crippen molar-refractivity contribution in [1.29, 1.82) is 0 Å². The monoisotopic (exact) mass is 400 g/mol. The number of benzene rings is 2. The number of halogens is 2. The van der Waals surface area contributed by atoms with E-state index in [4.69, 9.17) is 0 Å². The van der Waals surface area contributed by atoms with Gasteiger partial charge in [0.2, 0.25) is 0 Å². The third kappa shape index (κ3) is 4.25. The average Bonchev–Trinajstić information content (AvgIpc) is 3.44. The number of ether oxygens (including phenoxy) is 1. The fourth-order valence-electron chi connectivity index (χ4n) is 2.85. The molecule has 28 heavy (non-hydrogen) atoms. The fraction of sp³-hybridized carbons (Fsp3) is 0.238. The zero-order valence-corrected chi connectivity index (χ0v) is 16.0. The van der Waals surface area contributed by atoms with Crippen LogP contribution in [0.1, 0.15) is 24.0 Å². The van der Waals surface area contributed by atoms with Crippen molar-refractivity contribution < 1.29 is 18.3 Å². The minimum Gasteiger partial charge on any atom is -0.435 e. The van der Waals surface area contributed by atoms with E-state index in [0.29, 0.717) is 10.1 Å². The zero-order valence-electron chi connectivity index (χ0n) is 15.1. The third-order valence-corrected chi connectivity index (χ3v) is 5.39. The van der Waals surface area contributed by atoms with Crippen LogP contribution in [0.2, 0.25) is 0 Å². The van der Waals surface area contributed by atoms with Crippen molar-refractivity contribution >= 4 is 34.6 Å². The molecule has 2 fully saturated rings. The SMILES string of the molecule is Cc1ccc(N=C2S/C(=C/c3ccc(OC(F)F)cc3)C(=O)N2C2CC2)cc1. The van der Waals surface area contributed by atoms with E-state index in [1.54, 1.807) is 23.1 Å². The molecule has 2 aromatic rings. The van der Waals surface area contributed by atoms with E-state index in [1.807, 2.05) is 31.2 Å². The molecule has 1 heterocycles. The standard InChI is InChI=1S/C21H18F2N2O2S/c1-13-2-6-15(7-3-13)24-21-25(16-8-9-16)19(26)18(28-21)12-14-4-10-17(11-5-14)27-20(22)23/h2-7,10-12,16,20H,8-9H2,1H3/b18-12+,24-21?. The summed E-state index contributed by atoms with van der Waals surface area (Å²) in [7, 11) is 0. The van der Waals surface area contributed by atoms with Gasteiger partial charge in [-0.2, -0.15) is 8.78 Å². The Morgan fingerprint density at radius 3 is 2.43 bits per heavy atom. The van der Waals surface area contributed by atoms with Crippen LogP contribution in [-0.2, 0) is 4.79 Å². The van der Waals surface area contributed by atoms with E-state index in [-0.39, 0.29) is 17.7 Å². The second-order valence-electron chi connectivity index (χ2n) is 6.69. The number of thioether (sulfide) groups is 1. The Morgan fingerprint density at radius 1 is 1.14 bits per heavy atom. The topological polar surface area (TPSA) is 41.9 Å². The molecule has 0 atom stereocenters. The number of rotatable bonds is 5. The van der Waals surface area contributed by atoms with E-state index >= 15 is 0 Å². The second kappa shape index (κ2) is 7.75. The summed E-state index contributed by atoms with van der Waals surface area (Å²) in [5, 5.41) is 0.681. The van der Waals surface area contributed by atoms with Gasteiger partial charge in [0, 0.05) is 6.04 Å². The van der Waals surface area contributed by atoms with Crippen molar-refractivity contribution in [2.24, 2.45) is 4.99 Å². The highest BCUT2D eigenvalue weighted by Gasteiger charge is 2.42. The number of amides is 1. The van der Waals surface area contributed by atoms with Crippen LogP contribution in [0.5, 0.6) is 5.75 Å². The van der Waals surface area contributed by atoms with Crippen molar-refractivity contribution in [3.63, 3.8) is 0 Å². The number of hydrogen-bond acceptors (Lipinski definition) is 4. The maximum Gasteiger partial charge on any atom is 0.387 e. The van der Waals surface area contributed by atoms with Crippen molar-refractivity contribution in [3.8, 4) is 5.75 Å². The minimum absolute atomic E-state index is 0.0636. The second-order valence-corrected chi connectivity index (χ2v) is 7.70. The molecule has 1 saturated heterocycles. The predicted octanol–water partition coefficient (Wildman–Crippen LogP) is 5.36. The molecule has 1 aliphatic carbocycles. The number of carbonyl (C=O) groups excluding carboxylic acids is 1. The lowest BCUT2D eigenvalue weighted by atomic mass is 10.2. The smallest absolute Gasteiger partial charge is 0.387 e. The number of carbonyl (C=O) groups is 1. The normalized spacial score (nSPS) is 19.9. The van der Waals surface area contributed by atoms with Crippen LogP contribution < -0.4 is 4.74 Å². The number of hydrogen-bond donors (Lipinski definition) is 0. The molecule has 4 rings (SSSR count). The Kier molecular flexibility index (Phi) is 5.17. The molecule has 0 radical (unpaired) electrons. The van der Waals surface area contributed by atoms with Gasteiger partial charge in [-0.1, -0.05) is 29.8 Å². The van der Waals surface area contributed by atoms with Gasteiger partial charge in [-0.3, -0.25) is 9.69 Å². The van der Waals surface area contributed by atoms with Crippen LogP contribution in [0.3, 0.4) is 0 Å². The number of alkyl halides is 2. The predicted molar refractivity (Wildman–Crippen MR) is 107 cm³/mol. The molecule has 144 valence electrons. The Bertz CT molecular complexity index is 936. The van der Waals surface area contributed by atoms with Gasteiger partial charge in [0.05, 0.1) is 10.6 Å². The lowest BCUT2D eigenvalue weighted by Crippen LogP contribution is -2.31. The first-order valence-electron chi connectivity index (χ1n) is 8.93. The van der Waals surface area contributed by atoms with E-state index in [1.165, 1.54) is 23.9 Å². The molecule has 7 heteroatoms. The third-order valence-electron chi connectivity index (χ3n) is 4.41. The van der Waals surface area contributed by atoms with Gasteiger partial charge in [-0.25, -0.2) is 4.99 Å². The first kappa shape index (κ1) is 18.7. The van der Waals surface area contributed by atoms with Crippen molar-refractivity contribution in [2.75, 3.05) is 0 Å². The van der Waals surface area contributed by atoms with Crippen LogP contribution >= 0.6 is 11.8 Å². The summed E-state index contributed by atoms with van der Waals surface area (Å²) in [5.74, 6) is 0.0232. The summed E-state index contributed by atoms with van der Waals surface area (Å²) in [6, 6.07) is 14.3. The van der Waals surface area contributed by atoms with E-state index in [2.05, 4.69) is 9.73 Å². The summed E-state index contributed by atoms with van der Waals surface area (Å²) in [6.45, 7) is -0.844. The quantitative estimate of drug-likeness (QED) is 0.634. The van der Waals surface area contributed by atoms with Crippen LogP contribution in [0.15, 0.2) is 58.4 Å². The van der Waals surface area contributed by atoms with Crippen LogP contribution in [0, 0.1) is 6.92 Å². The Balaban J connectivity index is 1.59. The summed E-state index contributed by atoms with van der Waals surface area (Å²) < 4.78 is 28.9. The molecule has 0 bridgehead atoms. The lowest BCUT2D eigenvalue weighted by Gasteiger charge is -2.14. The van der Waals surface area contributed by atoms with Crippen LogP contribution in [-0.4, -0.2) is 28.6 Å². The number of aliphatic imine (C=N–C) groups is 1. The van der Waals surface area contributed by atoms with Crippen molar-refractivity contribution in [1.82, 2.24) is 4.90 Å². The first-order valence-corrected chi connectivity index (χ1v) is 9.74. The molecule has 1 aliphatic heterocycles. The molecule has 0 aromatic heterocycles. The molecule has 2 aliphatic rings. The Morgan fingerprint density at radius 2 is 1.82 bits per heavy atom. The average molecular weight is 400 g/mol. The van der Waals surface area contributed by atoms with E-state index in [0.717, 1.165) is 29.7 Å². The van der Waals surface area contributed by atoms with Gasteiger partial charge >= 0.3 is 6.61 Å². The van der Waals surface area contributed by atoms with Gasteiger partial charge in [0.25, 0.3) is 5.91 Å². The number of nitrogens with zero attached hydrogens (tertiary/aromatic N) is 2. The largest absolute Gasteiger partial charge is 0.435 e. The molecule has 0 spiro atoms. The Hall–Kier alpha value is -2.67. The summed E-state index contributed by atoms with van der Waals surface area (Å²) in [4.78, 5) is 19.9. The number of amidine groups is 1. The molecule has 2 aromatic carbocycles. The maximum atomic E-state index is 12.9. The minimum atomic E-state index is -2.86. The van der Waals surface area contributed by atoms with Crippen molar-refractivity contribution in [3.05, 3.63) is 64.6 Å². The highest BCUT2D eigenvalue weighted by molar-refractivity contribution is 8.18. The maximum absolute atomic E-state index is 12.9.